The van der Waals surface area contributed by atoms with Crippen molar-refractivity contribution in [2.45, 2.75) is 18.5 Å². The summed E-state index contributed by atoms with van der Waals surface area (Å²) in [4.78, 5) is 9.43. The Morgan fingerprint density at radius 1 is 1.03 bits per heavy atom. The Labute approximate surface area is 203 Å². The number of para-hydroxylation sites is 1. The summed E-state index contributed by atoms with van der Waals surface area (Å²) in [6, 6.07) is 22.1. The van der Waals surface area contributed by atoms with Crippen molar-refractivity contribution >= 4 is 35.6 Å². The number of hydrogen-bond donors (Lipinski definition) is 2. The zero-order valence-corrected chi connectivity index (χ0v) is 20.6. The Morgan fingerprint density at radius 3 is 2.39 bits per heavy atom. The Balaban J connectivity index is 0.00000272. The van der Waals surface area contributed by atoms with E-state index in [-0.39, 0.29) is 24.0 Å². The third kappa shape index (κ3) is 6.57. The molecule has 6 nitrogen and oxygen atoms in total. The summed E-state index contributed by atoms with van der Waals surface area (Å²) in [6.45, 7) is 6.40. The van der Waals surface area contributed by atoms with Crippen molar-refractivity contribution in [1.82, 2.24) is 15.5 Å². The average Bonchev–Trinajstić information content (AvgIpc) is 3.29. The fourth-order valence-electron chi connectivity index (χ4n) is 4.35. The van der Waals surface area contributed by atoms with Crippen molar-refractivity contribution in [2.24, 2.45) is 4.99 Å². The van der Waals surface area contributed by atoms with E-state index in [4.69, 9.17) is 4.74 Å². The highest BCUT2D eigenvalue weighted by Gasteiger charge is 2.25. The fourth-order valence-corrected chi connectivity index (χ4v) is 4.35. The lowest BCUT2D eigenvalue weighted by molar-refractivity contribution is 0.0170. The highest BCUT2D eigenvalue weighted by molar-refractivity contribution is 14.0. The number of nitrogens with one attached hydrogen (secondary N) is 2. The molecule has 2 saturated heterocycles. The fraction of sp³-hybridized carbons (Fsp3) is 0.458. The molecule has 31 heavy (non-hydrogen) atoms. The second-order valence-electron chi connectivity index (χ2n) is 7.94. The number of hydrogen-bond acceptors (Lipinski definition) is 4. The highest BCUT2D eigenvalue weighted by atomic mass is 127. The topological polar surface area (TPSA) is 52.1 Å². The number of benzene rings is 2. The molecule has 0 aliphatic carbocycles. The van der Waals surface area contributed by atoms with Crippen LogP contribution in [0.25, 0.3) is 0 Å². The smallest absolute Gasteiger partial charge is 0.191 e. The van der Waals surface area contributed by atoms with Crippen LogP contribution in [0.15, 0.2) is 65.7 Å². The average molecular weight is 535 g/mol. The van der Waals surface area contributed by atoms with Gasteiger partial charge in [-0.3, -0.25) is 9.89 Å². The molecule has 0 saturated carbocycles. The molecule has 2 aromatic rings. The maximum absolute atomic E-state index is 5.56. The molecule has 0 spiro atoms. The Morgan fingerprint density at radius 2 is 1.71 bits per heavy atom. The van der Waals surface area contributed by atoms with Crippen LogP contribution < -0.4 is 15.5 Å². The van der Waals surface area contributed by atoms with Gasteiger partial charge in [0.1, 0.15) is 0 Å². The first-order chi connectivity index (χ1) is 14.8. The summed E-state index contributed by atoms with van der Waals surface area (Å²) in [5.41, 5.74) is 2.62. The molecular formula is C24H34IN5O. The molecule has 2 fully saturated rings. The third-order valence-electron chi connectivity index (χ3n) is 6.01. The van der Waals surface area contributed by atoms with E-state index in [9.17, 15) is 0 Å². The van der Waals surface area contributed by atoms with Crippen molar-refractivity contribution in [1.29, 1.82) is 0 Å². The van der Waals surface area contributed by atoms with Gasteiger partial charge in [-0.05, 0) is 24.1 Å². The lowest BCUT2D eigenvalue weighted by atomic mass is 10.0. The van der Waals surface area contributed by atoms with E-state index >= 15 is 0 Å². The molecule has 168 valence electrons. The van der Waals surface area contributed by atoms with Crippen LogP contribution in [-0.4, -0.2) is 69.9 Å². The molecule has 2 atom stereocenters. The molecule has 0 aromatic heterocycles. The molecule has 2 aliphatic rings. The van der Waals surface area contributed by atoms with Gasteiger partial charge < -0.3 is 20.3 Å². The Bertz CT molecular complexity index is 798. The van der Waals surface area contributed by atoms with Crippen LogP contribution in [0.2, 0.25) is 0 Å². The van der Waals surface area contributed by atoms with Gasteiger partial charge in [0.2, 0.25) is 0 Å². The van der Waals surface area contributed by atoms with Crippen LogP contribution in [0.5, 0.6) is 0 Å². The molecule has 2 heterocycles. The van der Waals surface area contributed by atoms with Gasteiger partial charge >= 0.3 is 0 Å². The quantitative estimate of drug-likeness (QED) is 0.339. The van der Waals surface area contributed by atoms with E-state index in [1.165, 1.54) is 11.3 Å². The zero-order valence-electron chi connectivity index (χ0n) is 18.2. The van der Waals surface area contributed by atoms with Crippen molar-refractivity contribution < 1.29 is 4.74 Å². The summed E-state index contributed by atoms with van der Waals surface area (Å²) >= 11 is 0. The second-order valence-corrected chi connectivity index (χ2v) is 7.94. The number of halogens is 1. The molecule has 0 bridgehead atoms. The first kappa shape index (κ1) is 23.8. The number of rotatable bonds is 6. The molecule has 2 unspecified atom stereocenters. The van der Waals surface area contributed by atoms with Crippen LogP contribution in [0.3, 0.4) is 0 Å². The van der Waals surface area contributed by atoms with Crippen molar-refractivity contribution in [3.05, 3.63) is 66.2 Å². The molecule has 4 rings (SSSR count). The molecular weight excluding hydrogens is 501 g/mol. The van der Waals surface area contributed by atoms with Crippen LogP contribution >= 0.6 is 24.0 Å². The minimum absolute atomic E-state index is 0. The van der Waals surface area contributed by atoms with Crippen LogP contribution in [0.1, 0.15) is 18.0 Å². The summed E-state index contributed by atoms with van der Waals surface area (Å²) in [5, 5.41) is 7.21. The number of aliphatic imine (C=N–C) groups is 1. The largest absolute Gasteiger partial charge is 0.379 e. The lowest BCUT2D eigenvalue weighted by Gasteiger charge is -2.35. The predicted molar refractivity (Wildman–Crippen MR) is 139 cm³/mol. The van der Waals surface area contributed by atoms with Crippen LogP contribution in [0, 0.1) is 0 Å². The molecule has 2 aliphatic heterocycles. The standard InChI is InChI=1S/C24H33N5O.HI/c1-25-24(27-21-12-13-29(19-21)22-10-6-3-7-11-22)26-18-23(20-8-4-2-5-9-20)28-14-16-30-17-15-28;/h2-11,21,23H,12-19H2,1H3,(H2,25,26,27);1H. The van der Waals surface area contributed by atoms with E-state index in [1.54, 1.807) is 0 Å². The first-order valence-electron chi connectivity index (χ1n) is 11.0. The van der Waals surface area contributed by atoms with E-state index in [1.807, 2.05) is 7.05 Å². The lowest BCUT2D eigenvalue weighted by Crippen LogP contribution is -2.48. The molecule has 2 aromatic carbocycles. The van der Waals surface area contributed by atoms with Gasteiger partial charge in [0.25, 0.3) is 0 Å². The van der Waals surface area contributed by atoms with Gasteiger partial charge in [-0.25, -0.2) is 0 Å². The molecule has 0 amide bonds. The number of morpholine rings is 1. The zero-order chi connectivity index (χ0) is 20.6. The third-order valence-corrected chi connectivity index (χ3v) is 6.01. The number of nitrogens with zero attached hydrogens (tertiary/aromatic N) is 3. The van der Waals surface area contributed by atoms with Crippen molar-refractivity contribution in [2.75, 3.05) is 57.9 Å². The van der Waals surface area contributed by atoms with Crippen molar-refractivity contribution in [3.63, 3.8) is 0 Å². The predicted octanol–water partition coefficient (Wildman–Crippen LogP) is 3.12. The summed E-state index contributed by atoms with van der Waals surface area (Å²) in [5.74, 6) is 0.879. The second kappa shape index (κ2) is 12.3. The van der Waals surface area contributed by atoms with Gasteiger partial charge in [-0.2, -0.15) is 0 Å². The summed E-state index contributed by atoms with van der Waals surface area (Å²) in [6.07, 6.45) is 1.11. The summed E-state index contributed by atoms with van der Waals surface area (Å²) in [7, 11) is 1.85. The number of anilines is 1. The highest BCUT2D eigenvalue weighted by Crippen LogP contribution is 2.22. The Hall–Kier alpha value is -1.84. The minimum atomic E-state index is 0. The maximum atomic E-state index is 5.56. The number of ether oxygens (including phenoxy) is 1. The van der Waals surface area contributed by atoms with Gasteiger partial charge in [-0.1, -0.05) is 48.5 Å². The van der Waals surface area contributed by atoms with Gasteiger partial charge in [0.15, 0.2) is 5.96 Å². The van der Waals surface area contributed by atoms with Crippen LogP contribution in [0.4, 0.5) is 5.69 Å². The maximum Gasteiger partial charge on any atom is 0.191 e. The number of guanidine groups is 1. The van der Waals surface area contributed by atoms with Crippen molar-refractivity contribution in [3.8, 4) is 0 Å². The first-order valence-corrected chi connectivity index (χ1v) is 11.0. The van der Waals surface area contributed by atoms with Gasteiger partial charge in [0.05, 0.1) is 19.3 Å². The minimum Gasteiger partial charge on any atom is -0.379 e. The van der Waals surface area contributed by atoms with E-state index in [0.717, 1.165) is 58.3 Å². The SMILES string of the molecule is CN=C(NCC(c1ccccc1)N1CCOCC1)NC1CCN(c2ccccc2)C1.I. The Kier molecular flexibility index (Phi) is 9.42. The van der Waals surface area contributed by atoms with Gasteiger partial charge in [0, 0.05) is 51.5 Å². The van der Waals surface area contributed by atoms with E-state index in [0.29, 0.717) is 12.1 Å². The van der Waals surface area contributed by atoms with E-state index in [2.05, 4.69) is 86.1 Å². The molecule has 0 radical (unpaired) electrons. The molecule has 2 N–H and O–H groups in total. The van der Waals surface area contributed by atoms with Crippen LogP contribution in [-0.2, 0) is 4.74 Å². The summed E-state index contributed by atoms with van der Waals surface area (Å²) < 4.78 is 5.56. The molecule has 7 heteroatoms. The van der Waals surface area contributed by atoms with Gasteiger partial charge in [-0.15, -0.1) is 24.0 Å². The van der Waals surface area contributed by atoms with E-state index < -0.39 is 0 Å². The monoisotopic (exact) mass is 535 g/mol. The normalized spacial score (nSPS) is 20.7.